The zero-order valence-corrected chi connectivity index (χ0v) is 13.7. The fourth-order valence-corrected chi connectivity index (χ4v) is 2.20. The van der Waals surface area contributed by atoms with E-state index in [1.807, 2.05) is 0 Å². The molecule has 0 aliphatic rings. The van der Waals surface area contributed by atoms with Crippen molar-refractivity contribution in [2.75, 3.05) is 18.9 Å². The Bertz CT molecular complexity index is 819. The lowest BCUT2D eigenvalue weighted by Gasteiger charge is -2.12. The van der Waals surface area contributed by atoms with Crippen LogP contribution in [0, 0.1) is 6.92 Å². The van der Waals surface area contributed by atoms with E-state index in [0.29, 0.717) is 16.8 Å². The predicted octanol–water partition coefficient (Wildman–Crippen LogP) is 3.70. The molecule has 0 amide bonds. The summed E-state index contributed by atoms with van der Waals surface area (Å²) in [5.74, 6) is -3.33. The highest BCUT2D eigenvalue weighted by Crippen LogP contribution is 2.33. The maximum atomic E-state index is 12.9. The summed E-state index contributed by atoms with van der Waals surface area (Å²) >= 11 is 0. The molecule has 0 aliphatic heterocycles. The molecule has 0 saturated heterocycles. The lowest BCUT2D eigenvalue weighted by atomic mass is 10.0. The first-order valence-electron chi connectivity index (χ1n) is 7.47. The number of aromatic nitrogens is 1. The number of pyridine rings is 1. The highest BCUT2D eigenvalue weighted by molar-refractivity contribution is 5.86. The molecule has 2 aromatic rings. The molecule has 0 fully saturated rings. The minimum atomic E-state index is -4.44. The highest BCUT2D eigenvalue weighted by Gasteiger charge is 2.30. The van der Waals surface area contributed by atoms with Crippen LogP contribution in [-0.4, -0.2) is 35.4 Å². The van der Waals surface area contributed by atoms with Crippen molar-refractivity contribution in [2.24, 2.45) is 4.99 Å². The smallest absolute Gasteiger partial charge is 0.390 e. The van der Waals surface area contributed by atoms with Gasteiger partial charge in [-0.05, 0) is 36.8 Å². The van der Waals surface area contributed by atoms with Crippen LogP contribution >= 0.6 is 0 Å². The van der Waals surface area contributed by atoms with E-state index in [4.69, 9.17) is 10.8 Å². The molecule has 0 radical (unpaired) electrons. The van der Waals surface area contributed by atoms with Gasteiger partial charge in [-0.3, -0.25) is 4.99 Å². The first-order valence-corrected chi connectivity index (χ1v) is 7.47. The lowest BCUT2D eigenvalue weighted by molar-refractivity contribution is -0.137. The average Bonchev–Trinajstić information content (AvgIpc) is 2.55. The van der Waals surface area contributed by atoms with Crippen molar-refractivity contribution < 1.29 is 27.1 Å². The van der Waals surface area contributed by atoms with Crippen LogP contribution in [0.5, 0.6) is 0 Å². The van der Waals surface area contributed by atoms with Gasteiger partial charge in [0.15, 0.2) is 0 Å². The lowest BCUT2D eigenvalue weighted by Crippen LogP contribution is -2.25. The van der Waals surface area contributed by atoms with Gasteiger partial charge >= 0.3 is 6.18 Å². The summed E-state index contributed by atoms with van der Waals surface area (Å²) in [5, 5.41) is 8.47. The Labute approximate surface area is 146 Å². The van der Waals surface area contributed by atoms with E-state index >= 15 is 0 Å². The van der Waals surface area contributed by atoms with Gasteiger partial charge in [-0.1, -0.05) is 6.07 Å². The first kappa shape index (κ1) is 19.8. The molecular formula is C17H16F5N3O. The zero-order valence-electron chi connectivity index (χ0n) is 13.7. The largest absolute Gasteiger partial charge is 0.416 e. The number of nitrogens with two attached hydrogens (primary N) is 1. The molecule has 2 rings (SSSR count). The molecule has 0 atom stereocenters. The van der Waals surface area contributed by atoms with Crippen molar-refractivity contribution in [1.29, 1.82) is 0 Å². The molecule has 26 heavy (non-hydrogen) atoms. The van der Waals surface area contributed by atoms with E-state index in [9.17, 15) is 22.0 Å². The number of aliphatic imine (C=N–C) groups is 1. The minimum absolute atomic E-state index is 0.00198. The van der Waals surface area contributed by atoms with Crippen LogP contribution in [0.2, 0.25) is 0 Å². The van der Waals surface area contributed by atoms with Crippen LogP contribution in [0.3, 0.4) is 0 Å². The van der Waals surface area contributed by atoms with Crippen LogP contribution in [0.1, 0.15) is 16.7 Å². The van der Waals surface area contributed by atoms with Crippen molar-refractivity contribution in [2.45, 2.75) is 19.0 Å². The number of aliphatic hydroxyl groups is 1. The maximum Gasteiger partial charge on any atom is 0.416 e. The Hall–Kier alpha value is -2.55. The Balaban J connectivity index is 2.26. The van der Waals surface area contributed by atoms with Crippen molar-refractivity contribution in [3.05, 3.63) is 47.0 Å². The van der Waals surface area contributed by atoms with Crippen molar-refractivity contribution in [3.63, 3.8) is 0 Å². The molecule has 0 spiro atoms. The molecule has 140 valence electrons. The van der Waals surface area contributed by atoms with Crippen molar-refractivity contribution >= 4 is 12.0 Å². The van der Waals surface area contributed by atoms with Crippen molar-refractivity contribution in [1.82, 2.24) is 4.98 Å². The molecule has 0 aliphatic carbocycles. The second-order valence-corrected chi connectivity index (χ2v) is 5.68. The second kappa shape index (κ2) is 7.36. The van der Waals surface area contributed by atoms with Crippen LogP contribution in [0.15, 0.2) is 35.3 Å². The summed E-state index contributed by atoms with van der Waals surface area (Å²) in [7, 11) is 0. The van der Waals surface area contributed by atoms with Gasteiger partial charge in [-0.25, -0.2) is 13.8 Å². The van der Waals surface area contributed by atoms with Gasteiger partial charge in [0.2, 0.25) is 0 Å². The SMILES string of the molecule is Cc1cc(C(F)(F)F)ccc1-c1ccc(C=NCC(F)(F)CO)c(N)n1. The summed E-state index contributed by atoms with van der Waals surface area (Å²) in [4.78, 5) is 7.62. The summed E-state index contributed by atoms with van der Waals surface area (Å²) in [5.41, 5.74) is 6.49. The normalized spacial score (nSPS) is 12.7. The van der Waals surface area contributed by atoms with Gasteiger partial charge in [0.1, 0.15) is 19.0 Å². The molecule has 0 saturated carbocycles. The summed E-state index contributed by atoms with van der Waals surface area (Å²) in [6.07, 6.45) is -3.33. The van der Waals surface area contributed by atoms with Gasteiger partial charge < -0.3 is 10.8 Å². The summed E-state index contributed by atoms with van der Waals surface area (Å²) in [6, 6.07) is 6.26. The monoisotopic (exact) mass is 373 g/mol. The Morgan fingerprint density at radius 2 is 1.85 bits per heavy atom. The highest BCUT2D eigenvalue weighted by atomic mass is 19.4. The number of rotatable bonds is 5. The number of alkyl halides is 5. The number of anilines is 1. The molecule has 0 bridgehead atoms. The zero-order chi connectivity index (χ0) is 19.5. The minimum Gasteiger partial charge on any atom is -0.390 e. The van der Waals surface area contributed by atoms with E-state index in [-0.39, 0.29) is 11.4 Å². The van der Waals surface area contributed by atoms with E-state index in [0.717, 1.165) is 18.3 Å². The quantitative estimate of drug-likeness (QED) is 0.620. The van der Waals surface area contributed by atoms with E-state index < -0.39 is 30.8 Å². The van der Waals surface area contributed by atoms with Gasteiger partial charge in [-0.2, -0.15) is 13.2 Å². The number of hydrogen-bond acceptors (Lipinski definition) is 4. The Morgan fingerprint density at radius 1 is 1.15 bits per heavy atom. The number of aliphatic hydroxyl groups excluding tert-OH is 1. The molecule has 4 nitrogen and oxygen atoms in total. The third-order valence-electron chi connectivity index (χ3n) is 3.57. The predicted molar refractivity (Wildman–Crippen MR) is 88.3 cm³/mol. The molecular weight excluding hydrogens is 357 g/mol. The van der Waals surface area contributed by atoms with E-state index in [1.54, 1.807) is 0 Å². The molecule has 1 heterocycles. The van der Waals surface area contributed by atoms with Gasteiger partial charge in [0.05, 0.1) is 11.3 Å². The number of nitrogen functional groups attached to an aromatic ring is 1. The van der Waals surface area contributed by atoms with Crippen LogP contribution < -0.4 is 5.73 Å². The molecule has 9 heteroatoms. The Kier molecular flexibility index (Phi) is 5.60. The first-order chi connectivity index (χ1) is 12.0. The number of hydrogen-bond donors (Lipinski definition) is 2. The molecule has 1 aromatic heterocycles. The van der Waals surface area contributed by atoms with Gasteiger partial charge in [0, 0.05) is 17.3 Å². The third kappa shape index (κ3) is 4.75. The summed E-state index contributed by atoms with van der Waals surface area (Å²) < 4.78 is 64.0. The second-order valence-electron chi connectivity index (χ2n) is 5.68. The Morgan fingerprint density at radius 3 is 2.38 bits per heavy atom. The average molecular weight is 373 g/mol. The van der Waals surface area contributed by atoms with Crippen LogP contribution in [0.4, 0.5) is 27.8 Å². The number of aryl methyl sites for hydroxylation is 1. The number of nitrogens with zero attached hydrogens (tertiary/aromatic N) is 2. The molecule has 0 unspecified atom stereocenters. The summed E-state index contributed by atoms with van der Waals surface area (Å²) in [6.45, 7) is -0.693. The van der Waals surface area contributed by atoms with E-state index in [1.165, 1.54) is 25.1 Å². The fraction of sp³-hybridized carbons (Fsp3) is 0.294. The number of halogens is 5. The van der Waals surface area contributed by atoms with Crippen molar-refractivity contribution in [3.8, 4) is 11.3 Å². The van der Waals surface area contributed by atoms with Crippen LogP contribution in [-0.2, 0) is 6.18 Å². The third-order valence-corrected chi connectivity index (χ3v) is 3.57. The van der Waals surface area contributed by atoms with Gasteiger partial charge in [0.25, 0.3) is 5.92 Å². The van der Waals surface area contributed by atoms with E-state index in [2.05, 4.69) is 9.98 Å². The topological polar surface area (TPSA) is 71.5 Å². The van der Waals surface area contributed by atoms with Crippen LogP contribution in [0.25, 0.3) is 11.3 Å². The number of benzene rings is 1. The molecule has 3 N–H and O–H groups in total. The molecule has 1 aromatic carbocycles. The maximum absolute atomic E-state index is 12.9. The fourth-order valence-electron chi connectivity index (χ4n) is 2.20. The van der Waals surface area contributed by atoms with Gasteiger partial charge in [-0.15, -0.1) is 0 Å². The standard InChI is InChI=1S/C17H16F5N3O/c1-10-6-12(17(20,21)22)3-4-13(10)14-5-2-11(15(23)25-14)7-24-8-16(18,19)9-26/h2-7,26H,8-9H2,1H3,(H2,23,25).